The summed E-state index contributed by atoms with van der Waals surface area (Å²) in [4.78, 5) is 4.65. The van der Waals surface area contributed by atoms with Gasteiger partial charge in [0.05, 0.1) is 0 Å². The van der Waals surface area contributed by atoms with Gasteiger partial charge in [0, 0.05) is 43.5 Å². The lowest BCUT2D eigenvalue weighted by molar-refractivity contribution is 0.234. The fourth-order valence-corrected chi connectivity index (χ4v) is 2.54. The molecule has 1 saturated heterocycles. The third kappa shape index (κ3) is 3.25. The summed E-state index contributed by atoms with van der Waals surface area (Å²) >= 11 is 0. The molecule has 1 atom stereocenters. The summed E-state index contributed by atoms with van der Waals surface area (Å²) in [6.07, 6.45) is 0. The van der Waals surface area contributed by atoms with Crippen molar-refractivity contribution in [3.8, 4) is 0 Å². The average Bonchev–Trinajstić information content (AvgIpc) is 2.40. The normalized spacial score (nSPS) is 20.8. The van der Waals surface area contributed by atoms with Gasteiger partial charge in [0.25, 0.3) is 0 Å². The summed E-state index contributed by atoms with van der Waals surface area (Å²) in [5.74, 6) is -0.106. The van der Waals surface area contributed by atoms with E-state index in [1.807, 2.05) is 19.1 Å². The van der Waals surface area contributed by atoms with Crippen LogP contribution in [0.1, 0.15) is 19.4 Å². The number of anilines is 1. The number of halogens is 1. The van der Waals surface area contributed by atoms with Crippen molar-refractivity contribution >= 4 is 5.69 Å². The monoisotopic (exact) mass is 265 g/mol. The number of nitrogens with one attached hydrogen (secondary N) is 1. The molecule has 1 fully saturated rings. The zero-order valence-corrected chi connectivity index (χ0v) is 12.1. The molecule has 1 heterocycles. The van der Waals surface area contributed by atoms with Gasteiger partial charge in [-0.15, -0.1) is 0 Å². The topological polar surface area (TPSA) is 18.5 Å². The van der Waals surface area contributed by atoms with Gasteiger partial charge in [-0.05, 0) is 32.6 Å². The van der Waals surface area contributed by atoms with Crippen molar-refractivity contribution in [2.75, 3.05) is 38.1 Å². The molecule has 0 amide bonds. The Bertz CT molecular complexity index is 422. The van der Waals surface area contributed by atoms with E-state index in [2.05, 4.69) is 29.1 Å². The summed E-state index contributed by atoms with van der Waals surface area (Å²) in [7, 11) is 2.15. The minimum absolute atomic E-state index is 0.106. The Balaban J connectivity index is 2.21. The van der Waals surface area contributed by atoms with E-state index in [9.17, 15) is 4.39 Å². The second-order valence-electron chi connectivity index (χ2n) is 5.29. The Kier molecular flexibility index (Phi) is 4.77. The van der Waals surface area contributed by atoms with Crippen LogP contribution in [0.3, 0.4) is 0 Å². The molecular formula is C15H24FN3. The first-order chi connectivity index (χ1) is 9.13. The van der Waals surface area contributed by atoms with E-state index in [0.29, 0.717) is 12.6 Å². The Labute approximate surface area is 115 Å². The number of hydrogen-bond acceptors (Lipinski definition) is 3. The maximum Gasteiger partial charge on any atom is 0.129 e. The highest BCUT2D eigenvalue weighted by atomic mass is 19.1. The quantitative estimate of drug-likeness (QED) is 0.899. The van der Waals surface area contributed by atoms with Crippen molar-refractivity contribution < 1.29 is 4.39 Å². The lowest BCUT2D eigenvalue weighted by Crippen LogP contribution is -2.50. The van der Waals surface area contributed by atoms with Crippen molar-refractivity contribution in [2.24, 2.45) is 0 Å². The van der Waals surface area contributed by atoms with Gasteiger partial charge in [-0.2, -0.15) is 0 Å². The lowest BCUT2D eigenvalue weighted by atomic mass is 10.1. The number of piperazine rings is 1. The minimum atomic E-state index is -0.106. The lowest BCUT2D eigenvalue weighted by Gasteiger charge is -2.39. The van der Waals surface area contributed by atoms with Crippen molar-refractivity contribution in [2.45, 2.75) is 26.4 Å². The van der Waals surface area contributed by atoms with Gasteiger partial charge in [0.2, 0.25) is 0 Å². The van der Waals surface area contributed by atoms with Crippen LogP contribution in [0.5, 0.6) is 0 Å². The smallest absolute Gasteiger partial charge is 0.129 e. The van der Waals surface area contributed by atoms with Gasteiger partial charge in [0.15, 0.2) is 0 Å². The molecule has 0 bridgehead atoms. The van der Waals surface area contributed by atoms with Crippen LogP contribution in [0.15, 0.2) is 18.2 Å². The van der Waals surface area contributed by atoms with Crippen LogP contribution in [-0.4, -0.2) is 44.2 Å². The molecule has 1 aliphatic heterocycles. The van der Waals surface area contributed by atoms with Gasteiger partial charge in [-0.25, -0.2) is 4.39 Å². The average molecular weight is 265 g/mol. The molecule has 1 aliphatic rings. The maximum absolute atomic E-state index is 14.0. The number of nitrogens with zero attached hydrogens (tertiary/aromatic N) is 2. The SMILES string of the molecule is CCNCc1c(F)cccc1N1CCN(C)C(C)C1. The third-order valence-corrected chi connectivity index (χ3v) is 3.95. The second-order valence-corrected chi connectivity index (χ2v) is 5.29. The molecule has 0 spiro atoms. The molecule has 0 radical (unpaired) electrons. The van der Waals surface area contributed by atoms with Gasteiger partial charge in [0.1, 0.15) is 5.82 Å². The highest BCUT2D eigenvalue weighted by molar-refractivity contribution is 5.54. The molecule has 1 N–H and O–H groups in total. The molecule has 0 saturated carbocycles. The van der Waals surface area contributed by atoms with Gasteiger partial charge in [-0.1, -0.05) is 13.0 Å². The summed E-state index contributed by atoms with van der Waals surface area (Å²) in [5, 5.41) is 3.23. The Morgan fingerprint density at radius 2 is 2.16 bits per heavy atom. The first kappa shape index (κ1) is 14.3. The van der Waals surface area contributed by atoms with Crippen LogP contribution >= 0.6 is 0 Å². The highest BCUT2D eigenvalue weighted by Gasteiger charge is 2.23. The number of likely N-dealkylation sites (N-methyl/N-ethyl adjacent to an activating group) is 1. The number of hydrogen-bond donors (Lipinski definition) is 1. The van der Waals surface area contributed by atoms with Gasteiger partial charge < -0.3 is 15.1 Å². The molecule has 1 aromatic carbocycles. The van der Waals surface area contributed by atoms with Crippen LogP contribution in [0, 0.1) is 5.82 Å². The molecular weight excluding hydrogens is 241 g/mol. The van der Waals surface area contributed by atoms with Crippen LogP contribution in [0.2, 0.25) is 0 Å². The molecule has 0 aromatic heterocycles. The molecule has 0 aliphatic carbocycles. The van der Waals surface area contributed by atoms with E-state index in [1.54, 1.807) is 6.07 Å². The largest absolute Gasteiger partial charge is 0.368 e. The molecule has 4 heteroatoms. The standard InChI is InChI=1S/C15H24FN3/c1-4-17-10-13-14(16)6-5-7-15(13)19-9-8-18(3)12(2)11-19/h5-7,12,17H,4,8-11H2,1-3H3. The van der Waals surface area contributed by atoms with Crippen LogP contribution in [0.25, 0.3) is 0 Å². The number of benzene rings is 1. The van der Waals surface area contributed by atoms with Gasteiger partial charge in [-0.3, -0.25) is 0 Å². The van der Waals surface area contributed by atoms with Crippen LogP contribution in [0.4, 0.5) is 10.1 Å². The predicted molar refractivity (Wildman–Crippen MR) is 78.1 cm³/mol. The summed E-state index contributed by atoms with van der Waals surface area (Å²) < 4.78 is 14.0. The van der Waals surface area contributed by atoms with E-state index in [-0.39, 0.29) is 5.82 Å². The third-order valence-electron chi connectivity index (χ3n) is 3.95. The van der Waals surface area contributed by atoms with E-state index in [1.165, 1.54) is 0 Å². The fraction of sp³-hybridized carbons (Fsp3) is 0.600. The first-order valence-corrected chi connectivity index (χ1v) is 7.06. The van der Waals surface area contributed by atoms with E-state index < -0.39 is 0 Å². The molecule has 1 aromatic rings. The maximum atomic E-state index is 14.0. The van der Waals surface area contributed by atoms with Gasteiger partial charge >= 0.3 is 0 Å². The molecule has 106 valence electrons. The minimum Gasteiger partial charge on any atom is -0.368 e. The van der Waals surface area contributed by atoms with Crippen LogP contribution in [-0.2, 0) is 6.54 Å². The summed E-state index contributed by atoms with van der Waals surface area (Å²) in [5.41, 5.74) is 1.84. The van der Waals surface area contributed by atoms with Crippen molar-refractivity contribution in [3.63, 3.8) is 0 Å². The van der Waals surface area contributed by atoms with E-state index in [0.717, 1.165) is 37.4 Å². The van der Waals surface area contributed by atoms with E-state index in [4.69, 9.17) is 0 Å². The van der Waals surface area contributed by atoms with Crippen molar-refractivity contribution in [3.05, 3.63) is 29.6 Å². The molecule has 3 nitrogen and oxygen atoms in total. The summed E-state index contributed by atoms with van der Waals surface area (Å²) in [6.45, 7) is 8.65. The highest BCUT2D eigenvalue weighted by Crippen LogP contribution is 2.25. The van der Waals surface area contributed by atoms with E-state index >= 15 is 0 Å². The summed E-state index contributed by atoms with van der Waals surface area (Å²) in [6, 6.07) is 5.90. The zero-order chi connectivity index (χ0) is 13.8. The molecule has 1 unspecified atom stereocenters. The Morgan fingerprint density at radius 3 is 2.84 bits per heavy atom. The second kappa shape index (κ2) is 6.35. The first-order valence-electron chi connectivity index (χ1n) is 7.06. The number of rotatable bonds is 4. The van der Waals surface area contributed by atoms with Crippen LogP contribution < -0.4 is 10.2 Å². The Hall–Kier alpha value is -1.13. The Morgan fingerprint density at radius 1 is 1.37 bits per heavy atom. The van der Waals surface area contributed by atoms with Crippen molar-refractivity contribution in [1.82, 2.24) is 10.2 Å². The molecule has 2 rings (SSSR count). The predicted octanol–water partition coefficient (Wildman–Crippen LogP) is 2.08. The molecule has 19 heavy (non-hydrogen) atoms. The fourth-order valence-electron chi connectivity index (χ4n) is 2.54. The van der Waals surface area contributed by atoms with Crippen molar-refractivity contribution in [1.29, 1.82) is 0 Å². The zero-order valence-electron chi connectivity index (χ0n) is 12.1.